The average molecular weight is 316 g/mol. The van der Waals surface area contributed by atoms with E-state index in [1.54, 1.807) is 0 Å². The topological polar surface area (TPSA) is 37.3 Å². The van der Waals surface area contributed by atoms with Crippen LogP contribution in [-0.4, -0.2) is 17.0 Å². The number of aldehydes is 1. The molecule has 0 aromatic carbocycles. The summed E-state index contributed by atoms with van der Waals surface area (Å²) < 4.78 is 0. The van der Waals surface area contributed by atoms with Gasteiger partial charge >= 0.3 is 0 Å². The fraction of sp³-hybridized carbons (Fsp3) is 0.857. The third-order valence-corrected chi connectivity index (χ3v) is 8.72. The molecule has 7 atom stereocenters. The molecular weight excluding hydrogens is 284 g/mol. The Morgan fingerprint density at radius 1 is 1.17 bits per heavy atom. The van der Waals surface area contributed by atoms with Gasteiger partial charge in [-0.1, -0.05) is 25.5 Å². The van der Waals surface area contributed by atoms with E-state index in [9.17, 15) is 9.90 Å². The maximum absolute atomic E-state index is 12.3. The van der Waals surface area contributed by atoms with Crippen LogP contribution in [0, 0.1) is 34.5 Å². The Bertz CT molecular complexity index is 548. The maximum Gasteiger partial charge on any atom is 0.130 e. The molecule has 0 radical (unpaired) electrons. The Morgan fingerprint density at radius 2 is 1.91 bits per heavy atom. The van der Waals surface area contributed by atoms with Crippen molar-refractivity contribution in [2.24, 2.45) is 34.5 Å². The van der Waals surface area contributed by atoms with Gasteiger partial charge in [0.05, 0.1) is 11.0 Å². The predicted octanol–water partition coefficient (Wildman–Crippen LogP) is 4.52. The first-order valence-corrected chi connectivity index (χ1v) is 9.75. The quantitative estimate of drug-likeness (QED) is 0.570. The lowest BCUT2D eigenvalue weighted by atomic mass is 9.45. The van der Waals surface area contributed by atoms with Gasteiger partial charge in [-0.25, -0.2) is 0 Å². The first-order chi connectivity index (χ1) is 10.9. The predicted molar refractivity (Wildman–Crippen MR) is 91.9 cm³/mol. The summed E-state index contributed by atoms with van der Waals surface area (Å²) in [5.41, 5.74) is 0.820. The molecule has 0 aliphatic heterocycles. The van der Waals surface area contributed by atoms with Crippen LogP contribution in [0.2, 0.25) is 0 Å². The Balaban J connectivity index is 1.76. The van der Waals surface area contributed by atoms with Gasteiger partial charge in [-0.15, -0.1) is 0 Å². The summed E-state index contributed by atoms with van der Waals surface area (Å²) in [5.74, 6) is 2.28. The molecule has 0 aromatic rings. The normalized spacial score (nSPS) is 55.4. The molecule has 0 aromatic heterocycles. The van der Waals surface area contributed by atoms with Crippen LogP contribution in [0.5, 0.6) is 0 Å². The highest BCUT2D eigenvalue weighted by Gasteiger charge is 2.63. The Hall–Kier alpha value is -0.630. The van der Waals surface area contributed by atoms with Crippen LogP contribution in [0.4, 0.5) is 0 Å². The van der Waals surface area contributed by atoms with E-state index in [1.807, 2.05) is 0 Å². The Labute approximate surface area is 140 Å². The van der Waals surface area contributed by atoms with Gasteiger partial charge in [0.25, 0.3) is 0 Å². The fourth-order valence-electron chi connectivity index (χ4n) is 7.29. The zero-order chi connectivity index (χ0) is 16.5. The maximum atomic E-state index is 12.3. The molecule has 0 saturated heterocycles. The lowest BCUT2D eigenvalue weighted by Crippen LogP contribution is -2.56. The number of hydrogen-bond donors (Lipinski definition) is 1. The van der Waals surface area contributed by atoms with E-state index in [2.05, 4.69) is 26.8 Å². The van der Waals surface area contributed by atoms with Gasteiger partial charge in [-0.2, -0.15) is 0 Å². The van der Waals surface area contributed by atoms with Gasteiger partial charge in [-0.05, 0) is 87.4 Å². The number of carbonyl (C=O) groups is 1. The molecule has 3 saturated carbocycles. The van der Waals surface area contributed by atoms with Gasteiger partial charge in [0, 0.05) is 0 Å². The molecule has 0 amide bonds. The molecule has 2 nitrogen and oxygen atoms in total. The SMILES string of the molecule is CC1C[C@@H]2[C@@H](CC[C@@]3(C)[C@H]2CCC3(C)O)[C@@]2(C=O)CCCC=C12. The molecular formula is C21H32O2. The second kappa shape index (κ2) is 4.94. The van der Waals surface area contributed by atoms with Crippen LogP contribution in [0.1, 0.15) is 72.1 Å². The summed E-state index contributed by atoms with van der Waals surface area (Å²) >= 11 is 0. The molecule has 2 unspecified atom stereocenters. The van der Waals surface area contributed by atoms with Crippen LogP contribution in [-0.2, 0) is 4.79 Å². The van der Waals surface area contributed by atoms with Gasteiger partial charge < -0.3 is 9.90 Å². The number of fused-ring (bicyclic) bond motifs is 5. The van der Waals surface area contributed by atoms with Crippen LogP contribution in [0.3, 0.4) is 0 Å². The molecule has 1 N–H and O–H groups in total. The fourth-order valence-corrected chi connectivity index (χ4v) is 7.29. The van der Waals surface area contributed by atoms with Crippen molar-refractivity contribution in [1.82, 2.24) is 0 Å². The minimum Gasteiger partial charge on any atom is -0.390 e. The minimum absolute atomic E-state index is 0.0494. The van der Waals surface area contributed by atoms with Crippen molar-refractivity contribution in [3.05, 3.63) is 11.6 Å². The van der Waals surface area contributed by atoms with E-state index in [0.717, 1.165) is 44.9 Å². The molecule has 0 heterocycles. The van der Waals surface area contributed by atoms with E-state index in [4.69, 9.17) is 0 Å². The van der Waals surface area contributed by atoms with E-state index >= 15 is 0 Å². The highest BCUT2D eigenvalue weighted by atomic mass is 16.3. The second-order valence-electron chi connectivity index (χ2n) is 9.49. The molecule has 128 valence electrons. The Morgan fingerprint density at radius 3 is 2.65 bits per heavy atom. The summed E-state index contributed by atoms with van der Waals surface area (Å²) in [6.07, 6.45) is 12.6. The van der Waals surface area contributed by atoms with Crippen molar-refractivity contribution < 1.29 is 9.90 Å². The highest BCUT2D eigenvalue weighted by Crippen LogP contribution is 2.67. The summed E-state index contributed by atoms with van der Waals surface area (Å²) in [5, 5.41) is 11.0. The monoisotopic (exact) mass is 316 g/mol. The van der Waals surface area contributed by atoms with E-state index in [-0.39, 0.29) is 10.8 Å². The van der Waals surface area contributed by atoms with Crippen LogP contribution in [0.15, 0.2) is 11.6 Å². The van der Waals surface area contributed by atoms with Crippen molar-refractivity contribution in [2.75, 3.05) is 0 Å². The number of allylic oxidation sites excluding steroid dienone is 2. The molecule has 23 heavy (non-hydrogen) atoms. The van der Waals surface area contributed by atoms with Crippen molar-refractivity contribution >= 4 is 6.29 Å². The van der Waals surface area contributed by atoms with Crippen molar-refractivity contribution in [3.8, 4) is 0 Å². The number of hydrogen-bond acceptors (Lipinski definition) is 2. The summed E-state index contributed by atoms with van der Waals surface area (Å²) in [6.45, 7) is 6.72. The van der Waals surface area contributed by atoms with Crippen LogP contribution < -0.4 is 0 Å². The van der Waals surface area contributed by atoms with Gasteiger partial charge in [-0.3, -0.25) is 0 Å². The standard InChI is InChI=1S/C21H32O2/c1-14-12-15-17-8-11-20(3,23)19(17,2)10-7-18(15)21(13-22)9-5-4-6-16(14)21/h6,13-15,17-18,23H,4-5,7-12H2,1-3H3/t14?,15-,17-,18+,19-,20?,21+/m0/s1. The third-order valence-electron chi connectivity index (χ3n) is 8.72. The molecule has 3 fully saturated rings. The average Bonchev–Trinajstić information content (AvgIpc) is 2.78. The third kappa shape index (κ3) is 1.88. The zero-order valence-electron chi connectivity index (χ0n) is 15.0. The minimum atomic E-state index is -0.525. The van der Waals surface area contributed by atoms with Crippen LogP contribution >= 0.6 is 0 Å². The molecule has 4 aliphatic carbocycles. The first kappa shape index (κ1) is 15.9. The number of carbonyl (C=O) groups excluding carboxylic acids is 1. The largest absolute Gasteiger partial charge is 0.390 e. The number of aliphatic hydroxyl groups is 1. The van der Waals surface area contributed by atoms with Gasteiger partial charge in [0.15, 0.2) is 0 Å². The molecule has 4 aliphatic rings. The lowest BCUT2D eigenvalue weighted by Gasteiger charge is -2.59. The van der Waals surface area contributed by atoms with Crippen LogP contribution in [0.25, 0.3) is 0 Å². The summed E-state index contributed by atoms with van der Waals surface area (Å²) in [6, 6.07) is 0. The first-order valence-electron chi connectivity index (χ1n) is 9.75. The summed E-state index contributed by atoms with van der Waals surface area (Å²) in [7, 11) is 0. The summed E-state index contributed by atoms with van der Waals surface area (Å²) in [4.78, 5) is 12.3. The molecule has 2 heteroatoms. The van der Waals surface area contributed by atoms with E-state index in [1.165, 1.54) is 18.3 Å². The van der Waals surface area contributed by atoms with Gasteiger partial charge in [0.2, 0.25) is 0 Å². The molecule has 0 bridgehead atoms. The van der Waals surface area contributed by atoms with Gasteiger partial charge in [0.1, 0.15) is 6.29 Å². The van der Waals surface area contributed by atoms with E-state index in [0.29, 0.717) is 23.7 Å². The lowest BCUT2D eigenvalue weighted by molar-refractivity contribution is -0.139. The highest BCUT2D eigenvalue weighted by molar-refractivity contribution is 5.67. The smallest absolute Gasteiger partial charge is 0.130 e. The number of rotatable bonds is 1. The van der Waals surface area contributed by atoms with Crippen molar-refractivity contribution in [3.63, 3.8) is 0 Å². The zero-order valence-corrected chi connectivity index (χ0v) is 15.0. The molecule has 0 spiro atoms. The van der Waals surface area contributed by atoms with Crippen molar-refractivity contribution in [1.29, 1.82) is 0 Å². The van der Waals surface area contributed by atoms with E-state index < -0.39 is 5.60 Å². The molecule has 4 rings (SSSR count). The van der Waals surface area contributed by atoms with Crippen molar-refractivity contribution in [2.45, 2.75) is 77.7 Å². The second-order valence-corrected chi connectivity index (χ2v) is 9.49. The Kier molecular flexibility index (Phi) is 3.41.